The van der Waals surface area contributed by atoms with Crippen molar-refractivity contribution < 1.29 is 24.5 Å². The van der Waals surface area contributed by atoms with E-state index in [9.17, 15) is 15.0 Å². The molecule has 2 aromatic rings. The topological polar surface area (TPSA) is 100 Å². The average Bonchev–Trinajstić information content (AvgIpc) is 3.04. The van der Waals surface area contributed by atoms with E-state index < -0.39 is 0 Å². The number of phenolic OH excluding ortho intramolecular Hbond substituents is 2. The van der Waals surface area contributed by atoms with Crippen molar-refractivity contribution in [2.45, 2.75) is 12.8 Å². The van der Waals surface area contributed by atoms with E-state index in [4.69, 9.17) is 9.47 Å². The lowest BCUT2D eigenvalue weighted by Crippen LogP contribution is -2.17. The highest BCUT2D eigenvalue weighted by Crippen LogP contribution is 2.32. The van der Waals surface area contributed by atoms with Crippen molar-refractivity contribution in [2.24, 2.45) is 5.10 Å². The Morgan fingerprint density at radius 3 is 2.79 bits per heavy atom. The van der Waals surface area contributed by atoms with Gasteiger partial charge in [-0.1, -0.05) is 6.07 Å². The molecule has 0 fully saturated rings. The second kappa shape index (κ2) is 6.91. The lowest BCUT2D eigenvalue weighted by atomic mass is 10.1. The fourth-order valence-corrected chi connectivity index (χ4v) is 2.21. The third-order valence-electron chi connectivity index (χ3n) is 3.48. The largest absolute Gasteiger partial charge is 0.504 e. The fourth-order valence-electron chi connectivity index (χ4n) is 2.21. The maximum atomic E-state index is 11.8. The molecule has 124 valence electrons. The van der Waals surface area contributed by atoms with Gasteiger partial charge in [0, 0.05) is 6.42 Å². The quantitative estimate of drug-likeness (QED) is 0.442. The molecule has 0 radical (unpaired) electrons. The Morgan fingerprint density at radius 1 is 1.12 bits per heavy atom. The monoisotopic (exact) mass is 328 g/mol. The van der Waals surface area contributed by atoms with Gasteiger partial charge in [0.25, 0.3) is 0 Å². The van der Waals surface area contributed by atoms with Gasteiger partial charge in [0.1, 0.15) is 0 Å². The van der Waals surface area contributed by atoms with Crippen LogP contribution in [0.4, 0.5) is 0 Å². The summed E-state index contributed by atoms with van der Waals surface area (Å²) in [6.45, 7) is 0.208. The van der Waals surface area contributed by atoms with E-state index >= 15 is 0 Å². The lowest BCUT2D eigenvalue weighted by molar-refractivity contribution is -0.121. The molecule has 3 rings (SSSR count). The third kappa shape index (κ3) is 3.75. The van der Waals surface area contributed by atoms with Gasteiger partial charge >= 0.3 is 0 Å². The number of fused-ring (bicyclic) bond motifs is 1. The summed E-state index contributed by atoms with van der Waals surface area (Å²) in [6.07, 6.45) is 2.16. The molecule has 0 saturated heterocycles. The number of aryl methyl sites for hydroxylation is 1. The number of hydrogen-bond donors (Lipinski definition) is 3. The van der Waals surface area contributed by atoms with Crippen molar-refractivity contribution in [3.05, 3.63) is 47.5 Å². The Hall–Kier alpha value is -3.22. The maximum absolute atomic E-state index is 11.8. The molecule has 1 heterocycles. The van der Waals surface area contributed by atoms with Gasteiger partial charge in [-0.25, -0.2) is 5.43 Å². The van der Waals surface area contributed by atoms with Crippen molar-refractivity contribution in [2.75, 3.05) is 6.79 Å². The smallest absolute Gasteiger partial charge is 0.240 e. The molecule has 0 atom stereocenters. The minimum Gasteiger partial charge on any atom is -0.504 e. The second-order valence-electron chi connectivity index (χ2n) is 5.23. The Bertz CT molecular complexity index is 789. The standard InChI is InChI=1S/C17H16N2O5/c20-13-4-1-11(7-14(13)21)3-6-17(22)19-18-9-12-2-5-15-16(8-12)24-10-23-15/h1-2,4-5,7-9,20-21H,3,6,10H2,(H,19,22)/b18-9+. The van der Waals surface area contributed by atoms with Gasteiger partial charge in [-0.15, -0.1) is 0 Å². The number of amides is 1. The van der Waals surface area contributed by atoms with E-state index in [1.165, 1.54) is 18.3 Å². The molecule has 2 aromatic carbocycles. The van der Waals surface area contributed by atoms with Crippen LogP contribution in [-0.4, -0.2) is 29.1 Å². The van der Waals surface area contributed by atoms with Crippen molar-refractivity contribution in [3.8, 4) is 23.0 Å². The van der Waals surface area contributed by atoms with E-state index in [0.29, 0.717) is 17.9 Å². The summed E-state index contributed by atoms with van der Waals surface area (Å²) in [4.78, 5) is 11.8. The number of carbonyl (C=O) groups excluding carboxylic acids is 1. The van der Waals surface area contributed by atoms with Crippen LogP contribution in [0.1, 0.15) is 17.5 Å². The summed E-state index contributed by atoms with van der Waals surface area (Å²) in [7, 11) is 0. The van der Waals surface area contributed by atoms with Crippen LogP contribution in [-0.2, 0) is 11.2 Å². The summed E-state index contributed by atoms with van der Waals surface area (Å²) in [6, 6.07) is 9.83. The number of carbonyl (C=O) groups is 1. The Morgan fingerprint density at radius 2 is 1.96 bits per heavy atom. The zero-order valence-electron chi connectivity index (χ0n) is 12.7. The molecule has 0 spiro atoms. The number of aromatic hydroxyl groups is 2. The molecule has 1 amide bonds. The summed E-state index contributed by atoms with van der Waals surface area (Å²) in [5.74, 6) is 0.704. The SMILES string of the molecule is O=C(CCc1ccc(O)c(O)c1)N/N=C/c1ccc2c(c1)OCO2. The molecule has 7 heteroatoms. The van der Waals surface area contributed by atoms with Crippen molar-refractivity contribution in [1.82, 2.24) is 5.43 Å². The van der Waals surface area contributed by atoms with E-state index in [1.807, 2.05) is 6.07 Å². The van der Waals surface area contributed by atoms with Crippen LogP contribution in [0, 0.1) is 0 Å². The number of benzene rings is 2. The van der Waals surface area contributed by atoms with Crippen molar-refractivity contribution >= 4 is 12.1 Å². The second-order valence-corrected chi connectivity index (χ2v) is 5.23. The average molecular weight is 328 g/mol. The Labute approximate surface area is 138 Å². The molecule has 0 unspecified atom stereocenters. The maximum Gasteiger partial charge on any atom is 0.240 e. The zero-order valence-corrected chi connectivity index (χ0v) is 12.7. The van der Waals surface area contributed by atoms with Crippen LogP contribution >= 0.6 is 0 Å². The summed E-state index contributed by atoms with van der Waals surface area (Å²) in [5, 5.41) is 22.5. The number of ether oxygens (including phenoxy) is 2. The molecule has 0 aliphatic carbocycles. The van der Waals surface area contributed by atoms with E-state index in [0.717, 1.165) is 11.1 Å². The van der Waals surface area contributed by atoms with Crippen LogP contribution in [0.5, 0.6) is 23.0 Å². The highest BCUT2D eigenvalue weighted by atomic mass is 16.7. The Balaban J connectivity index is 1.49. The molecule has 3 N–H and O–H groups in total. The number of rotatable bonds is 5. The number of phenols is 2. The van der Waals surface area contributed by atoms with Crippen LogP contribution in [0.3, 0.4) is 0 Å². The normalized spacial score (nSPS) is 12.5. The minimum absolute atomic E-state index is 0.184. The molecular weight excluding hydrogens is 312 g/mol. The molecule has 0 bridgehead atoms. The first-order valence-corrected chi connectivity index (χ1v) is 7.34. The first kappa shape index (κ1) is 15.7. The van der Waals surface area contributed by atoms with Crippen molar-refractivity contribution in [3.63, 3.8) is 0 Å². The van der Waals surface area contributed by atoms with Gasteiger partial charge in [0.2, 0.25) is 12.7 Å². The van der Waals surface area contributed by atoms with E-state index in [-0.39, 0.29) is 30.6 Å². The minimum atomic E-state index is -0.250. The molecule has 7 nitrogen and oxygen atoms in total. The predicted octanol–water partition coefficient (Wildman–Crippen LogP) is 1.91. The summed E-state index contributed by atoms with van der Waals surface area (Å²) in [5.41, 5.74) is 3.97. The van der Waals surface area contributed by atoms with E-state index in [2.05, 4.69) is 10.5 Å². The first-order chi connectivity index (χ1) is 11.6. The molecule has 0 aromatic heterocycles. The molecule has 1 aliphatic rings. The number of nitrogens with one attached hydrogen (secondary N) is 1. The third-order valence-corrected chi connectivity index (χ3v) is 3.48. The zero-order chi connectivity index (χ0) is 16.9. The van der Waals surface area contributed by atoms with Crippen LogP contribution in [0.2, 0.25) is 0 Å². The molecule has 0 saturated carbocycles. The highest BCUT2D eigenvalue weighted by Gasteiger charge is 2.12. The van der Waals surface area contributed by atoms with Gasteiger partial charge in [0.05, 0.1) is 6.21 Å². The number of hydrogen-bond acceptors (Lipinski definition) is 6. The summed E-state index contributed by atoms with van der Waals surface area (Å²) >= 11 is 0. The Kier molecular flexibility index (Phi) is 4.51. The van der Waals surface area contributed by atoms with Gasteiger partial charge in [-0.05, 0) is 47.9 Å². The first-order valence-electron chi connectivity index (χ1n) is 7.34. The highest BCUT2D eigenvalue weighted by molar-refractivity contribution is 5.83. The number of nitrogens with zero attached hydrogens (tertiary/aromatic N) is 1. The van der Waals surface area contributed by atoms with E-state index in [1.54, 1.807) is 18.2 Å². The van der Waals surface area contributed by atoms with Crippen LogP contribution in [0.15, 0.2) is 41.5 Å². The van der Waals surface area contributed by atoms with Crippen molar-refractivity contribution in [1.29, 1.82) is 0 Å². The van der Waals surface area contributed by atoms with Crippen LogP contribution in [0.25, 0.3) is 0 Å². The van der Waals surface area contributed by atoms with Gasteiger partial charge in [-0.2, -0.15) is 5.10 Å². The lowest BCUT2D eigenvalue weighted by Gasteiger charge is -2.03. The van der Waals surface area contributed by atoms with Gasteiger partial charge in [0.15, 0.2) is 23.0 Å². The molecule has 24 heavy (non-hydrogen) atoms. The molecular formula is C17H16N2O5. The molecule has 1 aliphatic heterocycles. The van der Waals surface area contributed by atoms with Gasteiger partial charge < -0.3 is 19.7 Å². The van der Waals surface area contributed by atoms with Crippen LogP contribution < -0.4 is 14.9 Å². The fraction of sp³-hybridized carbons (Fsp3) is 0.176. The predicted molar refractivity (Wildman–Crippen MR) is 86.4 cm³/mol. The number of hydrazone groups is 1. The van der Waals surface area contributed by atoms with Gasteiger partial charge in [-0.3, -0.25) is 4.79 Å². The summed E-state index contributed by atoms with van der Waals surface area (Å²) < 4.78 is 10.5.